The first-order valence-electron chi connectivity index (χ1n) is 8.49. The molecule has 4 N–H and O–H groups in total. The van der Waals surface area contributed by atoms with Gasteiger partial charge in [0.15, 0.2) is 0 Å². The molecule has 0 saturated carbocycles. The van der Waals surface area contributed by atoms with Crippen molar-refractivity contribution in [3.05, 3.63) is 71.5 Å². The van der Waals surface area contributed by atoms with Gasteiger partial charge in [-0.25, -0.2) is 0 Å². The molecular weight excluding hydrogens is 380 g/mol. The molecule has 0 amide bonds. The highest BCUT2D eigenvalue weighted by Crippen LogP contribution is 2.29. The topological polar surface area (TPSA) is 120 Å². The van der Waals surface area contributed by atoms with Crippen LogP contribution in [-0.2, 0) is 23.3 Å². The number of hydrogen-bond acceptors (Lipinski definition) is 6. The SMILES string of the molecule is Cc1ncc(CNc2ccc(-c3ccccc3S(=O)(=O)O)cc2)c(CO)c1O. The fourth-order valence-electron chi connectivity index (χ4n) is 2.91. The van der Waals surface area contributed by atoms with Crippen LogP contribution in [0.3, 0.4) is 0 Å². The molecule has 0 saturated heterocycles. The summed E-state index contributed by atoms with van der Waals surface area (Å²) in [6, 6.07) is 13.3. The van der Waals surface area contributed by atoms with Gasteiger partial charge in [0.1, 0.15) is 10.6 Å². The second-order valence-corrected chi connectivity index (χ2v) is 7.65. The molecule has 0 radical (unpaired) electrons. The number of hydrogen-bond donors (Lipinski definition) is 4. The van der Waals surface area contributed by atoms with Crippen molar-refractivity contribution in [3.8, 4) is 16.9 Å². The normalized spacial score (nSPS) is 11.4. The van der Waals surface area contributed by atoms with Crippen molar-refractivity contribution in [2.75, 3.05) is 5.32 Å². The number of aryl methyl sites for hydroxylation is 1. The van der Waals surface area contributed by atoms with Gasteiger partial charge in [0.05, 0.1) is 12.3 Å². The summed E-state index contributed by atoms with van der Waals surface area (Å²) in [5.41, 5.74) is 3.37. The first-order valence-corrected chi connectivity index (χ1v) is 9.93. The molecule has 3 rings (SSSR count). The van der Waals surface area contributed by atoms with E-state index >= 15 is 0 Å². The Hall–Kier alpha value is -2.94. The van der Waals surface area contributed by atoms with E-state index in [0.29, 0.717) is 34.5 Å². The molecule has 0 aliphatic heterocycles. The summed E-state index contributed by atoms with van der Waals surface area (Å²) < 4.78 is 32.5. The third kappa shape index (κ3) is 4.14. The van der Waals surface area contributed by atoms with Crippen LogP contribution in [0.5, 0.6) is 5.75 Å². The number of nitrogens with zero attached hydrogens (tertiary/aromatic N) is 1. The van der Waals surface area contributed by atoms with Crippen molar-refractivity contribution in [1.82, 2.24) is 4.98 Å². The van der Waals surface area contributed by atoms with Crippen molar-refractivity contribution in [3.63, 3.8) is 0 Å². The maximum atomic E-state index is 11.6. The first-order chi connectivity index (χ1) is 13.3. The summed E-state index contributed by atoms with van der Waals surface area (Å²) in [5, 5.41) is 22.7. The molecule has 1 aromatic heterocycles. The first kappa shape index (κ1) is 19.8. The van der Waals surface area contributed by atoms with E-state index in [1.54, 1.807) is 55.6 Å². The zero-order valence-corrected chi connectivity index (χ0v) is 15.9. The van der Waals surface area contributed by atoms with Gasteiger partial charge < -0.3 is 15.5 Å². The van der Waals surface area contributed by atoms with Crippen LogP contribution in [0.15, 0.2) is 59.6 Å². The number of pyridine rings is 1. The van der Waals surface area contributed by atoms with Crippen molar-refractivity contribution < 1.29 is 23.2 Å². The average molecular weight is 400 g/mol. The summed E-state index contributed by atoms with van der Waals surface area (Å²) >= 11 is 0. The highest BCUT2D eigenvalue weighted by atomic mass is 32.2. The predicted octanol–water partition coefficient (Wildman–Crippen LogP) is 3.11. The standard InChI is InChI=1S/C20H20N2O5S/c1-13-20(24)18(12-23)15(10-21-13)11-22-16-8-6-14(7-9-16)17-4-2-3-5-19(17)28(25,26)27/h2-10,22-24H,11-12H2,1H3,(H,25,26,27). The van der Waals surface area contributed by atoms with Crippen LogP contribution in [0.1, 0.15) is 16.8 Å². The lowest BCUT2D eigenvalue weighted by atomic mass is 10.1. The summed E-state index contributed by atoms with van der Waals surface area (Å²) in [6.07, 6.45) is 1.60. The summed E-state index contributed by atoms with van der Waals surface area (Å²) in [4.78, 5) is 3.96. The van der Waals surface area contributed by atoms with E-state index in [4.69, 9.17) is 0 Å². The average Bonchev–Trinajstić information content (AvgIpc) is 2.68. The molecule has 3 aromatic rings. The number of aromatic hydroxyl groups is 1. The smallest absolute Gasteiger partial charge is 0.295 e. The van der Waals surface area contributed by atoms with E-state index in [0.717, 1.165) is 5.69 Å². The van der Waals surface area contributed by atoms with Gasteiger partial charge in [0.25, 0.3) is 10.1 Å². The zero-order chi connectivity index (χ0) is 20.3. The maximum absolute atomic E-state index is 11.6. The molecule has 0 fully saturated rings. The van der Waals surface area contributed by atoms with Crippen LogP contribution in [0.4, 0.5) is 5.69 Å². The van der Waals surface area contributed by atoms with Gasteiger partial charge in [-0.05, 0) is 36.2 Å². The lowest BCUT2D eigenvalue weighted by Gasteiger charge is -2.13. The Balaban J connectivity index is 1.81. The number of nitrogens with one attached hydrogen (secondary N) is 1. The van der Waals surface area contributed by atoms with Gasteiger partial charge in [-0.2, -0.15) is 8.42 Å². The molecule has 146 valence electrons. The van der Waals surface area contributed by atoms with E-state index in [2.05, 4.69) is 10.3 Å². The van der Waals surface area contributed by atoms with Crippen LogP contribution in [-0.4, -0.2) is 28.2 Å². The second kappa shape index (κ2) is 7.97. The van der Waals surface area contributed by atoms with Crippen LogP contribution < -0.4 is 5.32 Å². The van der Waals surface area contributed by atoms with Crippen LogP contribution in [0.25, 0.3) is 11.1 Å². The zero-order valence-electron chi connectivity index (χ0n) is 15.1. The van der Waals surface area contributed by atoms with Gasteiger partial charge in [-0.1, -0.05) is 30.3 Å². The number of benzene rings is 2. The van der Waals surface area contributed by atoms with Gasteiger partial charge in [-0.3, -0.25) is 9.54 Å². The summed E-state index contributed by atoms with van der Waals surface area (Å²) in [6.45, 7) is 1.71. The van der Waals surface area contributed by atoms with E-state index in [1.165, 1.54) is 6.07 Å². The van der Waals surface area contributed by atoms with Crippen LogP contribution >= 0.6 is 0 Å². The molecule has 8 heteroatoms. The second-order valence-electron chi connectivity index (χ2n) is 6.26. The molecule has 1 heterocycles. The highest BCUT2D eigenvalue weighted by molar-refractivity contribution is 7.86. The Labute approximate surface area is 163 Å². The van der Waals surface area contributed by atoms with Crippen molar-refractivity contribution in [2.45, 2.75) is 25.0 Å². The monoisotopic (exact) mass is 400 g/mol. The molecular formula is C20H20N2O5S. The molecule has 0 unspecified atom stereocenters. The van der Waals surface area contributed by atoms with E-state index in [-0.39, 0.29) is 17.3 Å². The van der Waals surface area contributed by atoms with Crippen molar-refractivity contribution in [2.24, 2.45) is 0 Å². The van der Waals surface area contributed by atoms with E-state index in [9.17, 15) is 23.2 Å². The third-order valence-corrected chi connectivity index (χ3v) is 5.34. The quantitative estimate of drug-likeness (QED) is 0.469. The van der Waals surface area contributed by atoms with E-state index < -0.39 is 10.1 Å². The molecule has 0 spiro atoms. The Morgan fingerprint density at radius 3 is 2.39 bits per heavy atom. The minimum atomic E-state index is -4.32. The maximum Gasteiger partial charge on any atom is 0.295 e. The van der Waals surface area contributed by atoms with E-state index in [1.807, 2.05) is 0 Å². The molecule has 28 heavy (non-hydrogen) atoms. The van der Waals surface area contributed by atoms with Crippen LogP contribution in [0, 0.1) is 6.92 Å². The molecule has 7 nitrogen and oxygen atoms in total. The minimum absolute atomic E-state index is 0.0148. The van der Waals surface area contributed by atoms with Gasteiger partial charge >= 0.3 is 0 Å². The summed E-state index contributed by atoms with van der Waals surface area (Å²) in [7, 11) is -4.32. The lowest BCUT2D eigenvalue weighted by Crippen LogP contribution is -2.05. The Kier molecular flexibility index (Phi) is 5.64. The van der Waals surface area contributed by atoms with Crippen LogP contribution in [0.2, 0.25) is 0 Å². The fraction of sp³-hybridized carbons (Fsp3) is 0.150. The van der Waals surface area contributed by atoms with Gasteiger partial charge in [0, 0.05) is 29.6 Å². The fourth-order valence-corrected chi connectivity index (χ4v) is 3.62. The van der Waals surface area contributed by atoms with Gasteiger partial charge in [0.2, 0.25) is 0 Å². The third-order valence-electron chi connectivity index (χ3n) is 4.43. The lowest BCUT2D eigenvalue weighted by molar-refractivity contribution is 0.273. The molecule has 0 aliphatic carbocycles. The summed E-state index contributed by atoms with van der Waals surface area (Å²) in [5.74, 6) is -0.0148. The number of aromatic nitrogens is 1. The number of aliphatic hydroxyl groups is 1. The number of aliphatic hydroxyl groups excluding tert-OH is 1. The number of rotatable bonds is 6. The highest BCUT2D eigenvalue weighted by Gasteiger charge is 2.16. The largest absolute Gasteiger partial charge is 0.506 e. The Morgan fingerprint density at radius 2 is 1.75 bits per heavy atom. The minimum Gasteiger partial charge on any atom is -0.506 e. The molecule has 0 bridgehead atoms. The molecule has 0 aliphatic rings. The Morgan fingerprint density at radius 1 is 1.07 bits per heavy atom. The number of anilines is 1. The predicted molar refractivity (Wildman–Crippen MR) is 106 cm³/mol. The van der Waals surface area contributed by atoms with Crippen molar-refractivity contribution >= 4 is 15.8 Å². The molecule has 2 aromatic carbocycles. The van der Waals surface area contributed by atoms with Crippen molar-refractivity contribution in [1.29, 1.82) is 0 Å². The Bertz CT molecular complexity index is 1100. The van der Waals surface area contributed by atoms with Gasteiger partial charge in [-0.15, -0.1) is 0 Å². The molecule has 0 atom stereocenters.